The van der Waals surface area contributed by atoms with Crippen molar-refractivity contribution in [1.82, 2.24) is 5.32 Å². The molecule has 1 saturated carbocycles. The molecule has 1 aliphatic carbocycles. The topological polar surface area (TPSA) is 55.1 Å². The summed E-state index contributed by atoms with van der Waals surface area (Å²) >= 11 is 0. The predicted molar refractivity (Wildman–Crippen MR) is 76.2 cm³/mol. The molecule has 0 atom stereocenters. The molecule has 106 valence electrons. The van der Waals surface area contributed by atoms with Gasteiger partial charge in [-0.15, -0.1) is 0 Å². The average Bonchev–Trinajstić information content (AvgIpc) is 2.36. The lowest BCUT2D eigenvalue weighted by Crippen LogP contribution is -2.58. The van der Waals surface area contributed by atoms with Crippen LogP contribution in [0.3, 0.4) is 0 Å². The van der Waals surface area contributed by atoms with Crippen molar-refractivity contribution >= 4 is 5.91 Å². The van der Waals surface area contributed by atoms with E-state index in [1.54, 1.807) is 0 Å². The number of primary amides is 1. The molecule has 0 spiro atoms. The average molecular weight is 254 g/mol. The van der Waals surface area contributed by atoms with E-state index < -0.39 is 5.54 Å². The minimum absolute atomic E-state index is 0.163. The summed E-state index contributed by atoms with van der Waals surface area (Å²) in [6.45, 7) is 9.94. The first-order chi connectivity index (χ1) is 8.38. The molecule has 0 aliphatic heterocycles. The van der Waals surface area contributed by atoms with Crippen LogP contribution < -0.4 is 11.1 Å². The number of rotatable bonds is 6. The van der Waals surface area contributed by atoms with Gasteiger partial charge in [0.25, 0.3) is 0 Å². The lowest BCUT2D eigenvalue weighted by atomic mass is 9.65. The summed E-state index contributed by atoms with van der Waals surface area (Å²) in [5.41, 5.74) is 5.58. The third-order valence-electron chi connectivity index (χ3n) is 5.04. The predicted octanol–water partition coefficient (Wildman–Crippen LogP) is 2.84. The van der Waals surface area contributed by atoms with E-state index in [0.29, 0.717) is 5.41 Å². The van der Waals surface area contributed by atoms with Crippen LogP contribution >= 0.6 is 0 Å². The summed E-state index contributed by atoms with van der Waals surface area (Å²) < 4.78 is 0. The van der Waals surface area contributed by atoms with Crippen LogP contribution in [-0.4, -0.2) is 18.0 Å². The number of carbonyl (C=O) groups is 1. The van der Waals surface area contributed by atoms with Crippen molar-refractivity contribution in [3.63, 3.8) is 0 Å². The van der Waals surface area contributed by atoms with E-state index >= 15 is 0 Å². The minimum Gasteiger partial charge on any atom is -0.368 e. The molecule has 3 nitrogen and oxygen atoms in total. The largest absolute Gasteiger partial charge is 0.368 e. The zero-order chi connectivity index (χ0) is 13.8. The van der Waals surface area contributed by atoms with E-state index in [9.17, 15) is 4.79 Å². The van der Waals surface area contributed by atoms with Crippen LogP contribution in [0.15, 0.2) is 0 Å². The molecule has 18 heavy (non-hydrogen) atoms. The molecular formula is C15H30N2O. The van der Waals surface area contributed by atoms with Crippen LogP contribution in [0.1, 0.15) is 66.2 Å². The van der Waals surface area contributed by atoms with Crippen molar-refractivity contribution in [1.29, 1.82) is 0 Å². The summed E-state index contributed by atoms with van der Waals surface area (Å²) in [7, 11) is 0. The van der Waals surface area contributed by atoms with Gasteiger partial charge < -0.3 is 11.1 Å². The Morgan fingerprint density at radius 1 is 1.33 bits per heavy atom. The van der Waals surface area contributed by atoms with E-state index in [1.165, 1.54) is 6.42 Å². The highest BCUT2D eigenvalue weighted by Gasteiger charge is 2.42. The summed E-state index contributed by atoms with van der Waals surface area (Å²) in [4.78, 5) is 11.8. The van der Waals surface area contributed by atoms with Crippen LogP contribution in [0, 0.1) is 11.3 Å². The minimum atomic E-state index is -0.434. The fourth-order valence-electron chi connectivity index (χ4n) is 3.06. The zero-order valence-corrected chi connectivity index (χ0v) is 12.5. The van der Waals surface area contributed by atoms with Crippen molar-refractivity contribution in [2.24, 2.45) is 17.1 Å². The van der Waals surface area contributed by atoms with Gasteiger partial charge in [0.1, 0.15) is 0 Å². The SMILES string of the molecule is CCCNC1(C(N)=O)CCC(C(C)(C)CC)CC1. The Labute approximate surface area is 112 Å². The molecule has 1 aliphatic rings. The second-order valence-corrected chi connectivity index (χ2v) is 6.49. The molecular weight excluding hydrogens is 224 g/mol. The molecule has 3 N–H and O–H groups in total. The fraction of sp³-hybridized carbons (Fsp3) is 0.933. The Kier molecular flexibility index (Phi) is 5.20. The van der Waals surface area contributed by atoms with Gasteiger partial charge in [-0.2, -0.15) is 0 Å². The maximum absolute atomic E-state index is 11.8. The smallest absolute Gasteiger partial charge is 0.237 e. The van der Waals surface area contributed by atoms with Crippen molar-refractivity contribution in [3.05, 3.63) is 0 Å². The normalized spacial score (nSPS) is 29.2. The molecule has 0 aromatic rings. The van der Waals surface area contributed by atoms with Gasteiger partial charge in [0.2, 0.25) is 5.91 Å². The van der Waals surface area contributed by atoms with Crippen LogP contribution in [0.2, 0.25) is 0 Å². The van der Waals surface area contributed by atoms with Crippen molar-refractivity contribution < 1.29 is 4.79 Å². The van der Waals surface area contributed by atoms with Gasteiger partial charge in [0.05, 0.1) is 5.54 Å². The number of nitrogens with one attached hydrogen (secondary N) is 1. The molecule has 1 amide bonds. The second kappa shape index (κ2) is 6.05. The molecule has 1 fully saturated rings. The third kappa shape index (κ3) is 3.25. The number of nitrogens with two attached hydrogens (primary N) is 1. The number of hydrogen-bond donors (Lipinski definition) is 2. The van der Waals surface area contributed by atoms with Crippen molar-refractivity contribution in [2.45, 2.75) is 71.8 Å². The number of hydrogen-bond acceptors (Lipinski definition) is 2. The van der Waals surface area contributed by atoms with Crippen molar-refractivity contribution in [3.8, 4) is 0 Å². The molecule has 1 rings (SSSR count). The lowest BCUT2D eigenvalue weighted by molar-refractivity contribution is -0.126. The third-order valence-corrected chi connectivity index (χ3v) is 5.04. The van der Waals surface area contributed by atoms with E-state index in [0.717, 1.165) is 44.6 Å². The van der Waals surface area contributed by atoms with Crippen LogP contribution in [0.5, 0.6) is 0 Å². The lowest BCUT2D eigenvalue weighted by Gasteiger charge is -2.44. The molecule has 0 heterocycles. The van der Waals surface area contributed by atoms with Gasteiger partial charge in [-0.25, -0.2) is 0 Å². The first-order valence-corrected chi connectivity index (χ1v) is 7.43. The Balaban J connectivity index is 2.66. The Morgan fingerprint density at radius 3 is 2.28 bits per heavy atom. The summed E-state index contributed by atoms with van der Waals surface area (Å²) in [5.74, 6) is 0.558. The zero-order valence-electron chi connectivity index (χ0n) is 12.5. The van der Waals surface area contributed by atoms with Crippen LogP contribution in [0.4, 0.5) is 0 Å². The molecule has 0 bridgehead atoms. The first-order valence-electron chi connectivity index (χ1n) is 7.43. The molecule has 0 unspecified atom stereocenters. The summed E-state index contributed by atoms with van der Waals surface area (Å²) in [6.07, 6.45) is 6.26. The fourth-order valence-corrected chi connectivity index (χ4v) is 3.06. The quantitative estimate of drug-likeness (QED) is 0.766. The van der Waals surface area contributed by atoms with Gasteiger partial charge >= 0.3 is 0 Å². The molecule has 0 radical (unpaired) electrons. The highest BCUT2D eigenvalue weighted by atomic mass is 16.1. The Bertz CT molecular complexity index is 278. The van der Waals surface area contributed by atoms with Crippen LogP contribution in [-0.2, 0) is 4.79 Å². The van der Waals surface area contributed by atoms with E-state index in [-0.39, 0.29) is 5.91 Å². The highest BCUT2D eigenvalue weighted by Crippen LogP contribution is 2.43. The van der Waals surface area contributed by atoms with Gasteiger partial charge in [-0.05, 0) is 50.0 Å². The van der Waals surface area contributed by atoms with Gasteiger partial charge in [0.15, 0.2) is 0 Å². The summed E-state index contributed by atoms with van der Waals surface area (Å²) in [5, 5.41) is 3.40. The molecule has 0 saturated heterocycles. The molecule has 3 heteroatoms. The second-order valence-electron chi connectivity index (χ2n) is 6.49. The maximum atomic E-state index is 11.8. The van der Waals surface area contributed by atoms with Crippen LogP contribution in [0.25, 0.3) is 0 Å². The first kappa shape index (κ1) is 15.5. The van der Waals surface area contributed by atoms with E-state index in [1.807, 2.05) is 0 Å². The molecule has 0 aromatic carbocycles. The van der Waals surface area contributed by atoms with E-state index in [4.69, 9.17) is 5.73 Å². The standard InChI is InChI=1S/C15H30N2O/c1-5-11-17-15(13(16)18)9-7-12(8-10-15)14(3,4)6-2/h12,17H,5-11H2,1-4H3,(H2,16,18). The van der Waals surface area contributed by atoms with Gasteiger partial charge in [-0.3, -0.25) is 4.79 Å². The Morgan fingerprint density at radius 2 is 1.89 bits per heavy atom. The highest BCUT2D eigenvalue weighted by molar-refractivity contribution is 5.84. The number of carbonyl (C=O) groups excluding carboxylic acids is 1. The van der Waals surface area contributed by atoms with Crippen molar-refractivity contribution in [2.75, 3.05) is 6.54 Å². The van der Waals surface area contributed by atoms with E-state index in [2.05, 4.69) is 33.0 Å². The van der Waals surface area contributed by atoms with Gasteiger partial charge in [0, 0.05) is 0 Å². The van der Waals surface area contributed by atoms with Gasteiger partial charge in [-0.1, -0.05) is 34.1 Å². The number of amides is 1. The monoisotopic (exact) mass is 254 g/mol. The summed E-state index contributed by atoms with van der Waals surface area (Å²) in [6, 6.07) is 0. The Hall–Kier alpha value is -0.570. The molecule has 0 aromatic heterocycles. The maximum Gasteiger partial charge on any atom is 0.237 e.